The average Bonchev–Trinajstić information content (AvgIpc) is 3.49. The Labute approximate surface area is 254 Å². The minimum absolute atomic E-state index is 0.233. The first-order valence-corrected chi connectivity index (χ1v) is 15.2. The lowest BCUT2D eigenvalue weighted by atomic mass is 9.81. The fraction of sp³-hybridized carbons (Fsp3) is 0.0526. The molecule has 0 N–H and O–H groups in total. The molecule has 1 atom stereocenters. The predicted molar refractivity (Wildman–Crippen MR) is 176 cm³/mol. The molecule has 3 heterocycles. The fourth-order valence-electron chi connectivity index (χ4n) is 5.90. The van der Waals surface area contributed by atoms with Gasteiger partial charge in [-0.2, -0.15) is 0 Å². The normalized spacial score (nSPS) is 14.3. The van der Waals surface area contributed by atoms with Crippen LogP contribution in [0.4, 0.5) is 0 Å². The zero-order chi connectivity index (χ0) is 28.6. The van der Waals surface area contributed by atoms with Crippen LogP contribution in [-0.2, 0) is 0 Å². The van der Waals surface area contributed by atoms with Gasteiger partial charge in [-0.25, -0.2) is 15.0 Å². The maximum atomic E-state index is 5.07. The predicted octanol–water partition coefficient (Wildman–Crippen LogP) is 9.45. The number of allylic oxidation sites excluding steroid dienone is 1. The minimum atomic E-state index is 0.233. The van der Waals surface area contributed by atoms with Gasteiger partial charge in [-0.15, -0.1) is 11.3 Å². The van der Waals surface area contributed by atoms with E-state index in [1.165, 1.54) is 26.1 Å². The van der Waals surface area contributed by atoms with Crippen LogP contribution in [-0.4, -0.2) is 19.9 Å². The highest BCUT2D eigenvalue weighted by Gasteiger charge is 2.30. The van der Waals surface area contributed by atoms with Crippen molar-refractivity contribution in [1.82, 2.24) is 19.9 Å². The van der Waals surface area contributed by atoms with Gasteiger partial charge in [-0.05, 0) is 41.1 Å². The molecule has 0 aliphatic heterocycles. The highest BCUT2D eigenvalue weighted by atomic mass is 32.1. The second-order valence-electron chi connectivity index (χ2n) is 10.6. The summed E-state index contributed by atoms with van der Waals surface area (Å²) in [5.74, 6) is 2.31. The Kier molecular flexibility index (Phi) is 6.43. The fourth-order valence-corrected chi connectivity index (χ4v) is 7.20. The molecule has 0 fully saturated rings. The molecule has 4 nitrogen and oxygen atoms in total. The topological polar surface area (TPSA) is 51.6 Å². The number of thiophene rings is 1. The summed E-state index contributed by atoms with van der Waals surface area (Å²) in [5.41, 5.74) is 7.79. The first-order chi connectivity index (χ1) is 21.3. The van der Waals surface area contributed by atoms with E-state index in [1.807, 2.05) is 66.1 Å². The van der Waals surface area contributed by atoms with E-state index in [9.17, 15) is 0 Å². The molecule has 7 aromatic rings. The lowest BCUT2D eigenvalue weighted by Crippen LogP contribution is -2.10. The highest BCUT2D eigenvalue weighted by molar-refractivity contribution is 7.20. The number of hydrogen-bond acceptors (Lipinski definition) is 5. The van der Waals surface area contributed by atoms with Crippen LogP contribution in [0.25, 0.3) is 49.7 Å². The van der Waals surface area contributed by atoms with Crippen LogP contribution in [0, 0.1) is 0 Å². The van der Waals surface area contributed by atoms with Gasteiger partial charge in [0, 0.05) is 44.0 Å². The molecule has 204 valence electrons. The molecule has 0 radical (unpaired) electrons. The van der Waals surface area contributed by atoms with Gasteiger partial charge in [-0.3, -0.25) is 4.98 Å². The SMILES string of the molecule is C1=C(c2nc(-c3ccccc3)nc(-c3ccccc3)n2)c2sc3ccccc3c2C(c2ccc(-c3ccccn3)cc2)C1. The molecule has 1 aliphatic carbocycles. The number of hydrogen-bond donors (Lipinski definition) is 0. The van der Waals surface area contributed by atoms with Crippen molar-refractivity contribution in [3.05, 3.63) is 161 Å². The van der Waals surface area contributed by atoms with E-state index in [2.05, 4.69) is 89.9 Å². The summed E-state index contributed by atoms with van der Waals surface area (Å²) in [4.78, 5) is 20.8. The molecule has 0 spiro atoms. The molecule has 1 unspecified atom stereocenters. The summed E-state index contributed by atoms with van der Waals surface area (Å²) in [6, 6.07) is 44.0. The summed E-state index contributed by atoms with van der Waals surface area (Å²) < 4.78 is 1.27. The van der Waals surface area contributed by atoms with Crippen LogP contribution in [0.1, 0.15) is 34.2 Å². The molecule has 1 aliphatic rings. The molecular weight excluding hydrogens is 545 g/mol. The molecular formula is C38H26N4S. The van der Waals surface area contributed by atoms with Crippen LogP contribution in [0.3, 0.4) is 0 Å². The molecule has 5 heteroatoms. The lowest BCUT2D eigenvalue weighted by Gasteiger charge is -2.24. The molecule has 43 heavy (non-hydrogen) atoms. The van der Waals surface area contributed by atoms with E-state index in [4.69, 9.17) is 15.0 Å². The Morgan fingerprint density at radius 2 is 1.19 bits per heavy atom. The number of fused-ring (bicyclic) bond motifs is 3. The Balaban J connectivity index is 1.27. The Bertz CT molecular complexity index is 2030. The molecule has 0 saturated carbocycles. The van der Waals surface area contributed by atoms with Crippen molar-refractivity contribution in [3.8, 4) is 34.0 Å². The maximum absolute atomic E-state index is 5.07. The van der Waals surface area contributed by atoms with Crippen molar-refractivity contribution in [2.24, 2.45) is 0 Å². The molecule has 0 amide bonds. The first kappa shape index (κ1) is 25.5. The summed E-state index contributed by atoms with van der Waals surface area (Å²) in [6.07, 6.45) is 5.03. The number of nitrogens with zero attached hydrogens (tertiary/aromatic N) is 4. The smallest absolute Gasteiger partial charge is 0.165 e. The molecule has 0 saturated heterocycles. The van der Waals surface area contributed by atoms with Gasteiger partial charge in [0.2, 0.25) is 0 Å². The average molecular weight is 571 g/mol. The van der Waals surface area contributed by atoms with Gasteiger partial charge in [0.05, 0.1) is 5.69 Å². The van der Waals surface area contributed by atoms with E-state index in [-0.39, 0.29) is 5.92 Å². The number of benzene rings is 4. The van der Waals surface area contributed by atoms with Gasteiger partial charge < -0.3 is 0 Å². The summed E-state index contributed by atoms with van der Waals surface area (Å²) in [7, 11) is 0. The van der Waals surface area contributed by atoms with Crippen molar-refractivity contribution < 1.29 is 0 Å². The summed E-state index contributed by atoms with van der Waals surface area (Å²) in [6.45, 7) is 0. The van der Waals surface area contributed by atoms with Gasteiger partial charge in [0.15, 0.2) is 17.5 Å². The lowest BCUT2D eigenvalue weighted by molar-refractivity contribution is 0.826. The zero-order valence-corrected chi connectivity index (χ0v) is 24.1. The van der Waals surface area contributed by atoms with Crippen LogP contribution in [0.5, 0.6) is 0 Å². The van der Waals surface area contributed by atoms with Crippen molar-refractivity contribution >= 4 is 27.0 Å². The van der Waals surface area contributed by atoms with Crippen LogP contribution >= 0.6 is 11.3 Å². The monoisotopic (exact) mass is 570 g/mol. The van der Waals surface area contributed by atoms with Crippen LogP contribution in [0.15, 0.2) is 140 Å². The van der Waals surface area contributed by atoms with Gasteiger partial charge in [0.1, 0.15) is 0 Å². The Morgan fingerprint density at radius 3 is 1.86 bits per heavy atom. The largest absolute Gasteiger partial charge is 0.256 e. The van der Waals surface area contributed by atoms with Crippen molar-refractivity contribution in [3.63, 3.8) is 0 Å². The van der Waals surface area contributed by atoms with Crippen molar-refractivity contribution in [2.45, 2.75) is 12.3 Å². The molecule has 4 aromatic carbocycles. The van der Waals surface area contributed by atoms with Gasteiger partial charge in [-0.1, -0.05) is 115 Å². The van der Waals surface area contributed by atoms with Crippen LogP contribution in [0.2, 0.25) is 0 Å². The van der Waals surface area contributed by atoms with Crippen LogP contribution < -0.4 is 0 Å². The third-order valence-corrected chi connectivity index (χ3v) is 9.22. The zero-order valence-electron chi connectivity index (χ0n) is 23.3. The molecule has 0 bridgehead atoms. The summed E-state index contributed by atoms with van der Waals surface area (Å²) >= 11 is 1.83. The van der Waals surface area contributed by atoms with E-state index < -0.39 is 0 Å². The third-order valence-electron chi connectivity index (χ3n) is 8.00. The standard InChI is InChI=1S/C38H26N4S/c1-3-11-27(12-4-1)36-40-37(28-13-5-2-6-14-28)42-38(41-36)31-23-22-29(34-30-15-7-8-17-33(30)43-35(31)34)25-18-20-26(21-19-25)32-16-9-10-24-39-32/h1-21,23-24,29H,22H2. The second-order valence-corrected chi connectivity index (χ2v) is 11.7. The number of pyridine rings is 1. The quantitative estimate of drug-likeness (QED) is 0.207. The maximum Gasteiger partial charge on any atom is 0.165 e. The third kappa shape index (κ3) is 4.74. The van der Waals surface area contributed by atoms with E-state index in [0.717, 1.165) is 34.4 Å². The summed E-state index contributed by atoms with van der Waals surface area (Å²) in [5, 5.41) is 1.30. The number of rotatable bonds is 5. The number of aromatic nitrogens is 4. The molecule has 8 rings (SSSR count). The van der Waals surface area contributed by atoms with Crippen molar-refractivity contribution in [1.29, 1.82) is 0 Å². The van der Waals surface area contributed by atoms with E-state index in [1.54, 1.807) is 0 Å². The first-order valence-electron chi connectivity index (χ1n) is 14.4. The second kappa shape index (κ2) is 10.9. The van der Waals surface area contributed by atoms with E-state index in [0.29, 0.717) is 17.5 Å². The van der Waals surface area contributed by atoms with E-state index >= 15 is 0 Å². The molecule has 3 aromatic heterocycles. The minimum Gasteiger partial charge on any atom is -0.256 e. The van der Waals surface area contributed by atoms with Gasteiger partial charge in [0.25, 0.3) is 0 Å². The Morgan fingerprint density at radius 1 is 0.558 bits per heavy atom. The highest BCUT2D eigenvalue weighted by Crippen LogP contribution is 2.48. The van der Waals surface area contributed by atoms with Gasteiger partial charge >= 0.3 is 0 Å². The van der Waals surface area contributed by atoms with Crippen molar-refractivity contribution in [2.75, 3.05) is 0 Å². The Hall–Kier alpha value is -5.26.